The number of hydrogen-bond acceptors (Lipinski definition) is 5. The highest BCUT2D eigenvalue weighted by atomic mass is 16.3. The minimum absolute atomic E-state index is 0.0468. The van der Waals surface area contributed by atoms with E-state index in [1.807, 2.05) is 18.2 Å². The van der Waals surface area contributed by atoms with Crippen LogP contribution in [0, 0.1) is 0 Å². The quantitative estimate of drug-likeness (QED) is 0.566. The Morgan fingerprint density at radius 2 is 2.05 bits per heavy atom. The molecule has 0 bridgehead atoms. The summed E-state index contributed by atoms with van der Waals surface area (Å²) in [5, 5.41) is 24.0. The monoisotopic (exact) mass is 279 g/mol. The maximum atomic E-state index is 12.2. The second kappa shape index (κ2) is 7.23. The SMILES string of the molecule is O=C(NCC(O)CO)c1ccccc1N1CCNCC1. The van der Waals surface area contributed by atoms with Crippen LogP contribution in [-0.2, 0) is 0 Å². The molecule has 1 aromatic carbocycles. The smallest absolute Gasteiger partial charge is 0.253 e. The zero-order valence-corrected chi connectivity index (χ0v) is 11.4. The lowest BCUT2D eigenvalue weighted by Crippen LogP contribution is -2.44. The van der Waals surface area contributed by atoms with Crippen molar-refractivity contribution in [1.82, 2.24) is 10.6 Å². The van der Waals surface area contributed by atoms with Crippen LogP contribution in [0.4, 0.5) is 5.69 Å². The summed E-state index contributed by atoms with van der Waals surface area (Å²) < 4.78 is 0. The molecule has 0 saturated carbocycles. The first-order valence-electron chi connectivity index (χ1n) is 6.84. The number of para-hydroxylation sites is 1. The molecule has 1 amide bonds. The Morgan fingerprint density at radius 3 is 2.75 bits per heavy atom. The lowest BCUT2D eigenvalue weighted by atomic mass is 10.1. The van der Waals surface area contributed by atoms with E-state index in [-0.39, 0.29) is 19.1 Å². The van der Waals surface area contributed by atoms with E-state index in [1.165, 1.54) is 0 Å². The number of benzene rings is 1. The van der Waals surface area contributed by atoms with Crippen LogP contribution in [0.15, 0.2) is 24.3 Å². The van der Waals surface area contributed by atoms with Crippen LogP contribution < -0.4 is 15.5 Å². The Bertz CT molecular complexity index is 447. The standard InChI is InChI=1S/C14H21N3O3/c18-10-11(19)9-16-14(20)12-3-1-2-4-13(12)17-7-5-15-6-8-17/h1-4,11,15,18-19H,5-10H2,(H,16,20). The van der Waals surface area contributed by atoms with Crippen molar-refractivity contribution >= 4 is 11.6 Å². The number of carbonyl (C=O) groups excluding carboxylic acids is 1. The third kappa shape index (κ3) is 3.69. The Labute approximate surface area is 118 Å². The van der Waals surface area contributed by atoms with Crippen LogP contribution in [-0.4, -0.2) is 61.6 Å². The number of aliphatic hydroxyl groups excluding tert-OH is 2. The Kier molecular flexibility index (Phi) is 5.34. The van der Waals surface area contributed by atoms with Crippen molar-refractivity contribution in [2.75, 3.05) is 44.2 Å². The van der Waals surface area contributed by atoms with E-state index >= 15 is 0 Å². The lowest BCUT2D eigenvalue weighted by Gasteiger charge is -2.30. The molecule has 1 aliphatic heterocycles. The first-order chi connectivity index (χ1) is 9.72. The van der Waals surface area contributed by atoms with Crippen LogP contribution in [0.3, 0.4) is 0 Å². The average Bonchev–Trinajstić information content (AvgIpc) is 2.53. The van der Waals surface area contributed by atoms with Gasteiger partial charge in [-0.2, -0.15) is 0 Å². The van der Waals surface area contributed by atoms with Gasteiger partial charge in [0, 0.05) is 38.4 Å². The van der Waals surface area contributed by atoms with Crippen LogP contribution in [0.2, 0.25) is 0 Å². The lowest BCUT2D eigenvalue weighted by molar-refractivity contribution is 0.0802. The van der Waals surface area contributed by atoms with Crippen molar-refractivity contribution in [2.24, 2.45) is 0 Å². The van der Waals surface area contributed by atoms with Crippen molar-refractivity contribution in [3.63, 3.8) is 0 Å². The summed E-state index contributed by atoms with van der Waals surface area (Å²) in [6, 6.07) is 7.44. The molecule has 20 heavy (non-hydrogen) atoms. The fourth-order valence-corrected chi connectivity index (χ4v) is 2.22. The molecule has 6 nitrogen and oxygen atoms in total. The van der Waals surface area contributed by atoms with E-state index in [0.717, 1.165) is 31.9 Å². The number of aliphatic hydroxyl groups is 2. The molecule has 4 N–H and O–H groups in total. The predicted molar refractivity (Wildman–Crippen MR) is 77.0 cm³/mol. The number of piperazine rings is 1. The maximum absolute atomic E-state index is 12.2. The van der Waals surface area contributed by atoms with Crippen LogP contribution >= 0.6 is 0 Å². The summed E-state index contributed by atoms with van der Waals surface area (Å²) in [5.41, 5.74) is 1.50. The molecule has 0 spiro atoms. The molecule has 1 heterocycles. The van der Waals surface area contributed by atoms with Crippen LogP contribution in [0.1, 0.15) is 10.4 Å². The molecule has 0 radical (unpaired) electrons. The normalized spacial score (nSPS) is 16.8. The van der Waals surface area contributed by atoms with Gasteiger partial charge in [-0.3, -0.25) is 4.79 Å². The largest absolute Gasteiger partial charge is 0.394 e. The zero-order chi connectivity index (χ0) is 14.4. The summed E-state index contributed by atoms with van der Waals surface area (Å²) in [7, 11) is 0. The minimum atomic E-state index is -0.926. The summed E-state index contributed by atoms with van der Waals surface area (Å²) in [4.78, 5) is 14.4. The number of nitrogens with one attached hydrogen (secondary N) is 2. The van der Waals surface area contributed by atoms with Crippen molar-refractivity contribution in [3.05, 3.63) is 29.8 Å². The molecule has 1 unspecified atom stereocenters. The molecule has 1 fully saturated rings. The summed E-state index contributed by atoms with van der Waals surface area (Å²) in [6.45, 7) is 3.22. The molecule has 1 aromatic rings. The van der Waals surface area contributed by atoms with Crippen molar-refractivity contribution in [2.45, 2.75) is 6.10 Å². The number of anilines is 1. The van der Waals surface area contributed by atoms with E-state index in [2.05, 4.69) is 15.5 Å². The van der Waals surface area contributed by atoms with Crippen molar-refractivity contribution in [1.29, 1.82) is 0 Å². The highest BCUT2D eigenvalue weighted by Crippen LogP contribution is 2.20. The van der Waals surface area contributed by atoms with Crippen LogP contribution in [0.5, 0.6) is 0 Å². The molecule has 1 aliphatic rings. The van der Waals surface area contributed by atoms with Gasteiger partial charge in [0.25, 0.3) is 5.91 Å². The third-order valence-corrected chi connectivity index (χ3v) is 3.32. The Balaban J connectivity index is 2.08. The van der Waals surface area contributed by atoms with Gasteiger partial charge in [-0.15, -0.1) is 0 Å². The van der Waals surface area contributed by atoms with Gasteiger partial charge in [-0.05, 0) is 12.1 Å². The molecule has 6 heteroatoms. The number of hydrogen-bond donors (Lipinski definition) is 4. The van der Waals surface area contributed by atoms with Gasteiger partial charge >= 0.3 is 0 Å². The highest BCUT2D eigenvalue weighted by Gasteiger charge is 2.18. The number of rotatable bonds is 5. The highest BCUT2D eigenvalue weighted by molar-refractivity contribution is 5.99. The summed E-state index contributed by atoms with van der Waals surface area (Å²) in [6.07, 6.45) is -0.926. The van der Waals surface area contributed by atoms with Crippen LogP contribution in [0.25, 0.3) is 0 Å². The van der Waals surface area contributed by atoms with Gasteiger partial charge in [0.2, 0.25) is 0 Å². The minimum Gasteiger partial charge on any atom is -0.394 e. The number of amides is 1. The second-order valence-corrected chi connectivity index (χ2v) is 4.80. The molecule has 1 saturated heterocycles. The second-order valence-electron chi connectivity index (χ2n) is 4.80. The van der Waals surface area contributed by atoms with Gasteiger partial charge in [0.1, 0.15) is 0 Å². The van der Waals surface area contributed by atoms with E-state index in [1.54, 1.807) is 6.07 Å². The van der Waals surface area contributed by atoms with E-state index in [9.17, 15) is 9.90 Å². The number of nitrogens with zero attached hydrogens (tertiary/aromatic N) is 1. The Morgan fingerprint density at radius 1 is 1.35 bits per heavy atom. The van der Waals surface area contributed by atoms with Gasteiger partial charge in [0.05, 0.1) is 18.3 Å². The summed E-state index contributed by atoms with van der Waals surface area (Å²) in [5.74, 6) is -0.230. The van der Waals surface area contributed by atoms with Gasteiger partial charge in [-0.25, -0.2) is 0 Å². The van der Waals surface area contributed by atoms with E-state index in [0.29, 0.717) is 5.56 Å². The van der Waals surface area contributed by atoms with Gasteiger partial charge < -0.3 is 25.7 Å². The molecule has 2 rings (SSSR count). The third-order valence-electron chi connectivity index (χ3n) is 3.32. The van der Waals surface area contributed by atoms with E-state index < -0.39 is 6.10 Å². The predicted octanol–water partition coefficient (Wildman–Crippen LogP) is -0.821. The van der Waals surface area contributed by atoms with Gasteiger partial charge in [0.15, 0.2) is 0 Å². The topological polar surface area (TPSA) is 84.8 Å². The Hall–Kier alpha value is -1.63. The summed E-state index contributed by atoms with van der Waals surface area (Å²) >= 11 is 0. The maximum Gasteiger partial charge on any atom is 0.253 e. The first kappa shape index (κ1) is 14.8. The molecular formula is C14H21N3O3. The fourth-order valence-electron chi connectivity index (χ4n) is 2.22. The fraction of sp³-hybridized carbons (Fsp3) is 0.500. The molecule has 0 aliphatic carbocycles. The molecule has 110 valence electrons. The van der Waals surface area contributed by atoms with Crippen molar-refractivity contribution in [3.8, 4) is 0 Å². The first-order valence-corrected chi connectivity index (χ1v) is 6.84. The molecule has 0 aromatic heterocycles. The average molecular weight is 279 g/mol. The number of carbonyl (C=O) groups is 1. The van der Waals surface area contributed by atoms with E-state index in [4.69, 9.17) is 5.11 Å². The zero-order valence-electron chi connectivity index (χ0n) is 11.4. The molecule has 1 atom stereocenters. The van der Waals surface area contributed by atoms with Crippen molar-refractivity contribution < 1.29 is 15.0 Å². The molecular weight excluding hydrogens is 258 g/mol. The van der Waals surface area contributed by atoms with Gasteiger partial charge in [-0.1, -0.05) is 12.1 Å².